The quantitative estimate of drug-likeness (QED) is 0.521. The number of carbonyl (C=O) groups is 1. The van der Waals surface area contributed by atoms with Gasteiger partial charge in [-0.25, -0.2) is 4.79 Å². The van der Waals surface area contributed by atoms with E-state index in [-0.39, 0.29) is 23.1 Å². The Morgan fingerprint density at radius 1 is 1.18 bits per heavy atom. The van der Waals surface area contributed by atoms with E-state index in [2.05, 4.69) is 25.7 Å². The lowest BCUT2D eigenvalue weighted by atomic mass is 10.1. The van der Waals surface area contributed by atoms with Gasteiger partial charge in [-0.05, 0) is 24.1 Å². The van der Waals surface area contributed by atoms with Crippen molar-refractivity contribution >= 4 is 51.7 Å². The summed E-state index contributed by atoms with van der Waals surface area (Å²) in [6.45, 7) is 11.6. The van der Waals surface area contributed by atoms with Crippen LogP contribution in [0.2, 0.25) is 0 Å². The zero-order chi connectivity index (χ0) is 17.4. The number of ether oxygens (including phenoxy) is 1. The van der Waals surface area contributed by atoms with Crippen molar-refractivity contribution in [2.75, 3.05) is 26.4 Å². The lowest BCUT2D eigenvalue weighted by molar-refractivity contribution is -0.136. The maximum Gasteiger partial charge on any atom is 0.336 e. The number of likely N-dealkylation sites (N-methyl/N-ethyl adjacent to an activating group) is 1. The Balaban J connectivity index is 0.000000343. The molecule has 2 rings (SSSR count). The number of hydrogen-bond donors (Lipinski definition) is 0. The number of esters is 1. The molecule has 2 aliphatic heterocycles. The molecule has 0 aromatic heterocycles. The number of rotatable bonds is 1. The van der Waals surface area contributed by atoms with Crippen LogP contribution in [0.15, 0.2) is 0 Å². The van der Waals surface area contributed by atoms with Crippen LogP contribution in [0.4, 0.5) is 0 Å². The van der Waals surface area contributed by atoms with Gasteiger partial charge in [0.1, 0.15) is 10.4 Å². The number of thiocarbonyl (C=S) groups is 2. The molecule has 1 unspecified atom stereocenters. The third-order valence-corrected chi connectivity index (χ3v) is 4.71. The van der Waals surface area contributed by atoms with Crippen LogP contribution in [0.5, 0.6) is 0 Å². The Kier molecular flexibility index (Phi) is 10.2. The normalized spacial score (nSPS) is 20.8. The molecule has 0 aromatic carbocycles. The Morgan fingerprint density at radius 2 is 1.68 bits per heavy atom. The summed E-state index contributed by atoms with van der Waals surface area (Å²) in [4.78, 5) is 14.9. The summed E-state index contributed by atoms with van der Waals surface area (Å²) >= 11 is 11.5. The lowest BCUT2D eigenvalue weighted by Crippen LogP contribution is -2.35. The lowest BCUT2D eigenvalue weighted by Gasteiger charge is -2.18. The summed E-state index contributed by atoms with van der Waals surface area (Å²) in [5.74, 6) is 2.02. The van der Waals surface area contributed by atoms with Crippen molar-refractivity contribution in [2.24, 2.45) is 11.8 Å². The molecule has 2 fully saturated rings. The van der Waals surface area contributed by atoms with Crippen LogP contribution in [0, 0.1) is 11.8 Å². The summed E-state index contributed by atoms with van der Waals surface area (Å²) in [6.07, 6.45) is 0. The van der Waals surface area contributed by atoms with Gasteiger partial charge in [0, 0.05) is 26.4 Å². The molecule has 22 heavy (non-hydrogen) atoms. The minimum atomic E-state index is -0.229. The first-order valence-electron chi connectivity index (χ1n) is 7.44. The third kappa shape index (κ3) is 7.74. The molecule has 0 spiro atoms. The van der Waals surface area contributed by atoms with Crippen LogP contribution in [-0.2, 0) is 9.53 Å². The van der Waals surface area contributed by atoms with E-state index in [4.69, 9.17) is 29.2 Å². The fraction of sp³-hybridized carbons (Fsp3) is 0.800. The van der Waals surface area contributed by atoms with Crippen LogP contribution in [-0.4, -0.2) is 57.7 Å². The molecule has 0 aliphatic carbocycles. The first-order valence-corrected chi connectivity index (χ1v) is 9.24. The molecule has 128 valence electrons. The Hall–Kier alpha value is -0.400. The standard InChI is InChI=1S/C7H11NO2S.C4H7NS2.C4H10/c1-4(2)5-6(9)10-7(11)8(5)3;1-5-2-3-7-4(5)6;1-4(2)3/h4-5H,1-3H3;2-3H2,1H3;4H,1-3H3. The molecule has 2 aliphatic rings. The van der Waals surface area contributed by atoms with Crippen molar-refractivity contribution in [1.82, 2.24) is 9.80 Å². The van der Waals surface area contributed by atoms with Gasteiger partial charge in [0.15, 0.2) is 0 Å². The van der Waals surface area contributed by atoms with Gasteiger partial charge in [-0.2, -0.15) is 0 Å². The highest BCUT2D eigenvalue weighted by molar-refractivity contribution is 8.23. The maximum atomic E-state index is 11.1. The van der Waals surface area contributed by atoms with E-state index < -0.39 is 0 Å². The SMILES string of the molecule is CC(C)C.CC(C)C1C(=O)OC(=S)N1C.CN1CCSC1=S. The predicted octanol–water partition coefficient (Wildman–Crippen LogP) is 3.40. The van der Waals surface area contributed by atoms with Gasteiger partial charge in [-0.1, -0.05) is 58.6 Å². The van der Waals surface area contributed by atoms with Crippen LogP contribution < -0.4 is 0 Å². The van der Waals surface area contributed by atoms with Gasteiger partial charge in [0.2, 0.25) is 0 Å². The zero-order valence-corrected chi connectivity index (χ0v) is 17.0. The molecule has 0 radical (unpaired) electrons. The minimum absolute atomic E-state index is 0.192. The molecule has 0 bridgehead atoms. The summed E-state index contributed by atoms with van der Waals surface area (Å²) in [6, 6.07) is -0.192. The van der Waals surface area contributed by atoms with Crippen molar-refractivity contribution in [3.05, 3.63) is 0 Å². The van der Waals surface area contributed by atoms with Gasteiger partial charge in [0.25, 0.3) is 5.17 Å². The molecule has 4 nitrogen and oxygen atoms in total. The Bertz CT molecular complexity index is 397. The van der Waals surface area contributed by atoms with Crippen LogP contribution in [0.1, 0.15) is 34.6 Å². The van der Waals surface area contributed by atoms with Gasteiger partial charge >= 0.3 is 5.97 Å². The first kappa shape index (κ1) is 21.6. The highest BCUT2D eigenvalue weighted by Crippen LogP contribution is 2.18. The Labute approximate surface area is 149 Å². The highest BCUT2D eigenvalue weighted by Gasteiger charge is 2.37. The molecule has 7 heteroatoms. The first-order chi connectivity index (χ1) is 10.1. The van der Waals surface area contributed by atoms with E-state index in [0.717, 1.165) is 16.8 Å². The van der Waals surface area contributed by atoms with E-state index in [1.807, 2.05) is 20.9 Å². The number of cyclic esters (lactones) is 1. The number of carbonyl (C=O) groups excluding carboxylic acids is 1. The molecule has 1 atom stereocenters. The van der Waals surface area contributed by atoms with Crippen LogP contribution in [0.3, 0.4) is 0 Å². The van der Waals surface area contributed by atoms with Crippen molar-refractivity contribution in [3.8, 4) is 0 Å². The zero-order valence-electron chi connectivity index (χ0n) is 14.6. The smallest absolute Gasteiger partial charge is 0.336 e. The monoisotopic (exact) mass is 364 g/mol. The second-order valence-electron chi connectivity index (χ2n) is 6.25. The predicted molar refractivity (Wildman–Crippen MR) is 103 cm³/mol. The minimum Gasteiger partial charge on any atom is -0.397 e. The Morgan fingerprint density at radius 3 is 1.82 bits per heavy atom. The van der Waals surface area contributed by atoms with Crippen molar-refractivity contribution in [3.63, 3.8) is 0 Å². The van der Waals surface area contributed by atoms with Gasteiger partial charge in [0.05, 0.1) is 0 Å². The molecule has 0 saturated carbocycles. The van der Waals surface area contributed by atoms with E-state index in [0.29, 0.717) is 0 Å². The topological polar surface area (TPSA) is 32.8 Å². The number of thioether (sulfide) groups is 1. The van der Waals surface area contributed by atoms with Crippen molar-refractivity contribution in [1.29, 1.82) is 0 Å². The second kappa shape index (κ2) is 10.4. The molecular weight excluding hydrogens is 336 g/mol. The fourth-order valence-electron chi connectivity index (χ4n) is 1.68. The van der Waals surface area contributed by atoms with Crippen molar-refractivity contribution in [2.45, 2.75) is 40.7 Å². The van der Waals surface area contributed by atoms with E-state index in [9.17, 15) is 4.79 Å². The average molecular weight is 365 g/mol. The molecule has 0 N–H and O–H groups in total. The largest absolute Gasteiger partial charge is 0.397 e. The van der Waals surface area contributed by atoms with E-state index in [1.54, 1.807) is 23.7 Å². The summed E-state index contributed by atoms with van der Waals surface area (Å²) < 4.78 is 5.81. The number of nitrogens with zero attached hydrogens (tertiary/aromatic N) is 2. The van der Waals surface area contributed by atoms with Gasteiger partial charge in [-0.15, -0.1) is 0 Å². The maximum absolute atomic E-state index is 11.1. The van der Waals surface area contributed by atoms with Crippen molar-refractivity contribution < 1.29 is 9.53 Å². The third-order valence-electron chi connectivity index (χ3n) is 2.73. The summed E-state index contributed by atoms with van der Waals surface area (Å²) in [5.41, 5.74) is 0. The highest BCUT2D eigenvalue weighted by atomic mass is 32.2. The van der Waals surface area contributed by atoms with Crippen LogP contribution >= 0.6 is 36.2 Å². The molecule has 2 heterocycles. The van der Waals surface area contributed by atoms with E-state index in [1.165, 1.54) is 5.75 Å². The van der Waals surface area contributed by atoms with Gasteiger partial charge in [-0.3, -0.25) is 0 Å². The number of hydrogen-bond acceptors (Lipinski definition) is 5. The van der Waals surface area contributed by atoms with E-state index >= 15 is 0 Å². The molecular formula is C15H28N2O2S3. The average Bonchev–Trinajstić information content (AvgIpc) is 2.84. The fourth-order valence-corrected chi connectivity index (χ4v) is 3.07. The van der Waals surface area contributed by atoms with Gasteiger partial charge < -0.3 is 14.5 Å². The summed E-state index contributed by atoms with van der Waals surface area (Å²) in [7, 11) is 3.81. The van der Waals surface area contributed by atoms with Crippen LogP contribution in [0.25, 0.3) is 0 Å². The second-order valence-corrected chi connectivity index (χ2v) is 8.33. The molecule has 0 aromatic rings. The molecule has 2 saturated heterocycles. The molecule has 0 amide bonds. The summed E-state index contributed by atoms with van der Waals surface area (Å²) in [5, 5.41) is 0.286.